The molecule has 2 rings (SSSR count). The smallest absolute Gasteiger partial charge is 0.0114 e. The van der Waals surface area contributed by atoms with Crippen molar-refractivity contribution in [1.29, 1.82) is 0 Å². The molecule has 0 amide bonds. The van der Waals surface area contributed by atoms with Gasteiger partial charge in [0.15, 0.2) is 0 Å². The fourth-order valence-corrected chi connectivity index (χ4v) is 3.87. The average Bonchev–Trinajstić information content (AvgIpc) is 2.19. The van der Waals surface area contributed by atoms with E-state index in [1.54, 1.807) is 0 Å². The van der Waals surface area contributed by atoms with Gasteiger partial charge in [-0.05, 0) is 44.1 Å². The molecule has 0 spiro atoms. The van der Waals surface area contributed by atoms with E-state index >= 15 is 0 Å². The number of hydrogen-bond donors (Lipinski definition) is 1. The summed E-state index contributed by atoms with van der Waals surface area (Å²) in [7, 11) is 0. The Bertz CT molecular complexity index is 180. The molecule has 2 aliphatic heterocycles. The Morgan fingerprint density at radius 3 is 2.57 bits per heavy atom. The minimum Gasteiger partial charge on any atom is -0.328 e. The second-order valence-electron chi connectivity index (χ2n) is 4.71. The quantitative estimate of drug-likeness (QED) is 0.720. The van der Waals surface area contributed by atoms with Gasteiger partial charge in [0.2, 0.25) is 0 Å². The molecule has 0 bridgehead atoms. The first-order chi connectivity index (χ1) is 6.77. The number of thioether (sulfide) groups is 1. The third-order valence-corrected chi connectivity index (χ3v) is 4.68. The second kappa shape index (κ2) is 4.86. The summed E-state index contributed by atoms with van der Waals surface area (Å²) in [5, 5.41) is 0. The van der Waals surface area contributed by atoms with Crippen molar-refractivity contribution in [2.24, 2.45) is 5.73 Å². The molecule has 0 aliphatic carbocycles. The van der Waals surface area contributed by atoms with E-state index in [-0.39, 0.29) is 0 Å². The summed E-state index contributed by atoms with van der Waals surface area (Å²) < 4.78 is 0. The van der Waals surface area contributed by atoms with Crippen LogP contribution in [0.2, 0.25) is 0 Å². The number of likely N-dealkylation sites (tertiary alicyclic amines) is 1. The molecule has 2 fully saturated rings. The maximum atomic E-state index is 5.99. The van der Waals surface area contributed by atoms with Crippen LogP contribution >= 0.6 is 11.8 Å². The van der Waals surface area contributed by atoms with E-state index in [1.807, 2.05) is 0 Å². The molecule has 2 saturated heterocycles. The molecular formula is C11H22N2S. The van der Waals surface area contributed by atoms with Gasteiger partial charge in [-0.25, -0.2) is 0 Å². The van der Waals surface area contributed by atoms with Crippen LogP contribution in [0.5, 0.6) is 0 Å². The number of piperidine rings is 1. The summed E-state index contributed by atoms with van der Waals surface area (Å²) in [6.45, 7) is 3.58. The molecule has 0 aromatic heterocycles. The van der Waals surface area contributed by atoms with Crippen molar-refractivity contribution in [3.63, 3.8) is 0 Å². The van der Waals surface area contributed by atoms with Gasteiger partial charge in [-0.15, -0.1) is 0 Å². The molecule has 2 heterocycles. The molecular weight excluding hydrogens is 192 g/mol. The van der Waals surface area contributed by atoms with Crippen molar-refractivity contribution in [2.45, 2.75) is 50.7 Å². The summed E-state index contributed by atoms with van der Waals surface area (Å²) in [5.74, 6) is 2.72. The maximum absolute atomic E-state index is 5.99. The van der Waals surface area contributed by atoms with Gasteiger partial charge in [-0.3, -0.25) is 4.90 Å². The summed E-state index contributed by atoms with van der Waals surface area (Å²) in [6.07, 6.45) is 5.19. The van der Waals surface area contributed by atoms with E-state index in [4.69, 9.17) is 5.73 Å². The van der Waals surface area contributed by atoms with Crippen LogP contribution < -0.4 is 5.73 Å². The van der Waals surface area contributed by atoms with E-state index in [0.717, 1.165) is 6.04 Å². The van der Waals surface area contributed by atoms with Crippen LogP contribution in [-0.2, 0) is 0 Å². The van der Waals surface area contributed by atoms with Crippen LogP contribution in [0.3, 0.4) is 0 Å². The topological polar surface area (TPSA) is 29.3 Å². The summed E-state index contributed by atoms with van der Waals surface area (Å²) >= 11 is 2.11. The Labute approximate surface area is 91.6 Å². The lowest BCUT2D eigenvalue weighted by atomic mass is 9.95. The van der Waals surface area contributed by atoms with Gasteiger partial charge in [0, 0.05) is 24.7 Å². The summed E-state index contributed by atoms with van der Waals surface area (Å²) in [4.78, 5) is 2.71. The Balaban J connectivity index is 1.89. The lowest BCUT2D eigenvalue weighted by Gasteiger charge is -2.43. The highest BCUT2D eigenvalue weighted by Gasteiger charge is 2.29. The zero-order valence-electron chi connectivity index (χ0n) is 9.11. The average molecular weight is 214 g/mol. The molecule has 2 N–H and O–H groups in total. The number of hydrogen-bond acceptors (Lipinski definition) is 3. The Morgan fingerprint density at radius 1 is 1.21 bits per heavy atom. The van der Waals surface area contributed by atoms with E-state index < -0.39 is 0 Å². The fraction of sp³-hybridized carbons (Fsp3) is 1.00. The number of nitrogens with zero attached hydrogens (tertiary/aromatic N) is 1. The van der Waals surface area contributed by atoms with Crippen LogP contribution in [0, 0.1) is 0 Å². The van der Waals surface area contributed by atoms with Crippen LogP contribution in [0.1, 0.15) is 32.6 Å². The minimum absolute atomic E-state index is 0.458. The van der Waals surface area contributed by atoms with Crippen LogP contribution in [0.25, 0.3) is 0 Å². The molecule has 2 aliphatic rings. The highest BCUT2D eigenvalue weighted by atomic mass is 32.2. The van der Waals surface area contributed by atoms with Crippen LogP contribution in [0.15, 0.2) is 0 Å². The van der Waals surface area contributed by atoms with Gasteiger partial charge >= 0.3 is 0 Å². The van der Waals surface area contributed by atoms with Crippen molar-refractivity contribution in [1.82, 2.24) is 4.90 Å². The molecule has 2 unspecified atom stereocenters. The lowest BCUT2D eigenvalue weighted by Crippen LogP contribution is -2.51. The molecule has 0 radical (unpaired) electrons. The third kappa shape index (κ3) is 2.44. The predicted molar refractivity (Wildman–Crippen MR) is 63.7 cm³/mol. The van der Waals surface area contributed by atoms with Crippen molar-refractivity contribution < 1.29 is 0 Å². The minimum atomic E-state index is 0.458. The van der Waals surface area contributed by atoms with E-state index in [0.29, 0.717) is 12.1 Å². The SMILES string of the molecule is CC1CC(N)CCN1C1CCSCC1. The van der Waals surface area contributed by atoms with Gasteiger partial charge in [0.05, 0.1) is 0 Å². The van der Waals surface area contributed by atoms with Gasteiger partial charge in [0.25, 0.3) is 0 Å². The largest absolute Gasteiger partial charge is 0.328 e. The second-order valence-corrected chi connectivity index (χ2v) is 5.94. The highest BCUT2D eigenvalue weighted by molar-refractivity contribution is 7.99. The zero-order valence-corrected chi connectivity index (χ0v) is 9.93. The van der Waals surface area contributed by atoms with Gasteiger partial charge in [0.1, 0.15) is 0 Å². The molecule has 3 heteroatoms. The van der Waals surface area contributed by atoms with Crippen LogP contribution in [-0.4, -0.2) is 41.1 Å². The van der Waals surface area contributed by atoms with Gasteiger partial charge in [-0.2, -0.15) is 11.8 Å². The Kier molecular flexibility index (Phi) is 3.74. The first kappa shape index (κ1) is 10.8. The summed E-state index contributed by atoms with van der Waals surface area (Å²) in [5.41, 5.74) is 5.99. The first-order valence-corrected chi connectivity index (χ1v) is 7.02. The monoisotopic (exact) mass is 214 g/mol. The lowest BCUT2D eigenvalue weighted by molar-refractivity contribution is 0.0906. The van der Waals surface area contributed by atoms with E-state index in [9.17, 15) is 0 Å². The van der Waals surface area contributed by atoms with Crippen molar-refractivity contribution in [2.75, 3.05) is 18.1 Å². The first-order valence-electron chi connectivity index (χ1n) is 5.86. The molecule has 2 nitrogen and oxygen atoms in total. The van der Waals surface area contributed by atoms with Crippen molar-refractivity contribution >= 4 is 11.8 Å². The number of rotatable bonds is 1. The normalized spacial score (nSPS) is 37.3. The molecule has 0 aromatic carbocycles. The zero-order chi connectivity index (χ0) is 9.97. The van der Waals surface area contributed by atoms with Crippen molar-refractivity contribution in [3.8, 4) is 0 Å². The fourth-order valence-electron chi connectivity index (χ4n) is 2.79. The van der Waals surface area contributed by atoms with E-state index in [1.165, 1.54) is 43.7 Å². The Morgan fingerprint density at radius 2 is 1.93 bits per heavy atom. The molecule has 14 heavy (non-hydrogen) atoms. The highest BCUT2D eigenvalue weighted by Crippen LogP contribution is 2.27. The molecule has 0 aromatic rings. The molecule has 2 atom stereocenters. The summed E-state index contributed by atoms with van der Waals surface area (Å²) in [6, 6.07) is 2.03. The Hall–Kier alpha value is 0.270. The predicted octanol–water partition coefficient (Wildman–Crippen LogP) is 1.69. The van der Waals surface area contributed by atoms with Gasteiger partial charge in [-0.1, -0.05) is 0 Å². The van der Waals surface area contributed by atoms with Crippen LogP contribution in [0.4, 0.5) is 0 Å². The standard InChI is InChI=1S/C11H22N2S/c1-9-8-10(12)2-5-13(9)11-3-6-14-7-4-11/h9-11H,2-8,12H2,1H3. The number of nitrogens with two attached hydrogens (primary N) is 1. The van der Waals surface area contributed by atoms with E-state index in [2.05, 4.69) is 23.6 Å². The molecule has 0 saturated carbocycles. The van der Waals surface area contributed by atoms with Crippen molar-refractivity contribution in [3.05, 3.63) is 0 Å². The van der Waals surface area contributed by atoms with Gasteiger partial charge < -0.3 is 5.73 Å². The molecule has 82 valence electrons. The maximum Gasteiger partial charge on any atom is 0.0114 e. The third-order valence-electron chi connectivity index (χ3n) is 3.63.